The molecule has 20 rings (SSSR count). The van der Waals surface area contributed by atoms with E-state index in [-0.39, 0.29) is 22.8 Å². The summed E-state index contributed by atoms with van der Waals surface area (Å²) in [7, 11) is 0. The average Bonchev–Trinajstić information content (AvgIpc) is 1.52. The number of thiophene rings is 2. The van der Waals surface area contributed by atoms with Gasteiger partial charge >= 0.3 is 0 Å². The summed E-state index contributed by atoms with van der Waals surface area (Å²) >= 11 is 3.82. The number of fused-ring (bicyclic) bond motifs is 15. The van der Waals surface area contributed by atoms with Gasteiger partial charge in [0.2, 0.25) is 0 Å². The molecule has 3 aliphatic rings. The molecule has 0 fully saturated rings. The quantitative estimate of drug-likeness (QED) is 0.131. The van der Waals surface area contributed by atoms with E-state index in [0.29, 0.717) is 5.92 Å². The van der Waals surface area contributed by atoms with Crippen LogP contribution in [0.1, 0.15) is 64.9 Å². The number of benzene rings is 11. The zero-order valence-electron chi connectivity index (χ0n) is 59.9. The molecule has 1 aliphatic heterocycles. The van der Waals surface area contributed by atoms with Crippen LogP contribution in [-0.4, -0.2) is 22.1 Å². The van der Waals surface area contributed by atoms with Gasteiger partial charge in [-0.25, -0.2) is 0 Å². The Labute approximate surface area is 623 Å². The number of rotatable bonds is 12. The molecule has 0 saturated carbocycles. The molecule has 11 aromatic carbocycles. The van der Waals surface area contributed by atoms with Gasteiger partial charge in [0.05, 0.1) is 28.5 Å². The number of nitrogens with one attached hydrogen (secondary N) is 1. The lowest BCUT2D eigenvalue weighted by Crippen LogP contribution is -2.36. The third-order valence-electron chi connectivity index (χ3n) is 22.1. The number of aromatic nitrogens is 2. The molecular weight excluding hydrogens is 1330 g/mol. The van der Waals surface area contributed by atoms with Gasteiger partial charge in [-0.15, -0.1) is 22.7 Å². The van der Waals surface area contributed by atoms with Gasteiger partial charge in [0, 0.05) is 149 Å². The summed E-state index contributed by atoms with van der Waals surface area (Å²) in [5.41, 5.74) is 18.4. The molecule has 2 aliphatic carbocycles. The molecule has 1 N–H and O–H groups in total. The second-order valence-corrected chi connectivity index (χ2v) is 32.8. The fraction of sp³-hybridized carbons (Fsp3) is 0.135. The third-order valence-corrected chi connectivity index (χ3v) is 24.5. The van der Waals surface area contributed by atoms with E-state index in [0.717, 1.165) is 125 Å². The second kappa shape index (κ2) is 24.9. The first-order valence-electron chi connectivity index (χ1n) is 36.9. The first kappa shape index (κ1) is 63.7. The number of furan rings is 2. The van der Waals surface area contributed by atoms with Crippen LogP contribution in [0, 0.1) is 11.8 Å². The van der Waals surface area contributed by atoms with Gasteiger partial charge < -0.3 is 33.4 Å². The van der Waals surface area contributed by atoms with E-state index in [1.54, 1.807) is 0 Å². The van der Waals surface area contributed by atoms with Crippen molar-refractivity contribution in [1.82, 2.24) is 14.9 Å². The monoisotopic (exact) mass is 1410 g/mol. The molecule has 0 amide bonds. The normalized spacial score (nSPS) is 16.1. The van der Waals surface area contributed by atoms with E-state index < -0.39 is 0 Å². The molecule has 106 heavy (non-hydrogen) atoms. The highest BCUT2D eigenvalue weighted by atomic mass is 32.1. The molecule has 7 heterocycles. The first-order valence-corrected chi connectivity index (χ1v) is 38.5. The Morgan fingerprint density at radius 3 is 1.66 bits per heavy atom. The maximum atomic E-state index is 6.58. The highest BCUT2D eigenvalue weighted by Crippen LogP contribution is 2.56. The van der Waals surface area contributed by atoms with Gasteiger partial charge in [0.15, 0.2) is 0 Å². The molecule has 17 aromatic rings. The zero-order chi connectivity index (χ0) is 71.1. The number of hydrogen-bond acceptors (Lipinski definition) is 9. The SMILES string of the molecule is CC(C)(C)c1ccc(N(c2ccc(-n3c4cc(N(c5ccc(-c6cc7ccccc7o6)cc5)c5ccc6cnccc6c5)c5c6ccccc6sc5c4c4c5sc6ccccc6c5c(N(C5=CC6C=CNCC6C=C5)C5C=CC(c6cc7ccccc7o6)=CC5)cc43)cc2)c2ccc(C(C)(C)C)cc2)cc1. The molecule has 0 bridgehead atoms. The first-order chi connectivity index (χ1) is 51.8. The summed E-state index contributed by atoms with van der Waals surface area (Å²) < 4.78 is 20.7. The van der Waals surface area contributed by atoms with Crippen LogP contribution in [0.2, 0.25) is 0 Å². The summed E-state index contributed by atoms with van der Waals surface area (Å²) in [4.78, 5) is 12.2. The summed E-state index contributed by atoms with van der Waals surface area (Å²) in [6.45, 7) is 14.6. The zero-order valence-corrected chi connectivity index (χ0v) is 61.5. The number of hydrogen-bond donors (Lipinski definition) is 1. The topological polar surface area (TPSA) is 65.8 Å². The fourth-order valence-electron chi connectivity index (χ4n) is 16.6. The van der Waals surface area contributed by atoms with Crippen molar-refractivity contribution in [3.05, 3.63) is 326 Å². The summed E-state index contributed by atoms with van der Waals surface area (Å²) in [6.07, 6.45) is 23.6. The molecular formula is C96H76N6O2S2. The average molecular weight is 1410 g/mol. The van der Waals surface area contributed by atoms with Crippen molar-refractivity contribution in [3.63, 3.8) is 0 Å². The third kappa shape index (κ3) is 10.8. The van der Waals surface area contributed by atoms with Gasteiger partial charge in [-0.3, -0.25) is 4.98 Å². The minimum Gasteiger partial charge on any atom is -0.456 e. The number of pyridine rings is 1. The maximum Gasteiger partial charge on any atom is 0.135 e. The van der Waals surface area contributed by atoms with Gasteiger partial charge in [0.25, 0.3) is 0 Å². The van der Waals surface area contributed by atoms with E-state index in [9.17, 15) is 0 Å². The van der Waals surface area contributed by atoms with Gasteiger partial charge in [-0.2, -0.15) is 0 Å². The molecule has 3 unspecified atom stereocenters. The number of nitrogens with zero attached hydrogens (tertiary/aromatic N) is 5. The number of para-hydroxylation sites is 2. The Hall–Kier alpha value is -12.0. The van der Waals surface area contributed by atoms with Crippen LogP contribution in [-0.2, 0) is 10.8 Å². The minimum atomic E-state index is -0.0611. The Morgan fingerprint density at radius 2 is 1.04 bits per heavy atom. The number of allylic oxidation sites excluding steroid dienone is 5. The van der Waals surface area contributed by atoms with Crippen molar-refractivity contribution >= 4 is 163 Å². The highest BCUT2D eigenvalue weighted by molar-refractivity contribution is 7.28. The van der Waals surface area contributed by atoms with Gasteiger partial charge in [-0.1, -0.05) is 181 Å². The Morgan fingerprint density at radius 1 is 0.481 bits per heavy atom. The van der Waals surface area contributed by atoms with E-state index >= 15 is 0 Å². The van der Waals surface area contributed by atoms with Crippen LogP contribution in [0.15, 0.2) is 318 Å². The standard InChI is InChI=1S/C96H76N6O2S2/c1-95(2,3)67-29-39-69(40-30-67)99(70-41-31-68(32-42-70)96(4,5)6)71-43-45-74(46-44-71)102-81-55-79(100(75-37-27-65-57-97-49-47-61(65)51-75)72-33-23-59(24-34-72)85-53-63-15-7-11-19-83(63)103-85)89-77-17-9-13-21-87(77)105-93(89)91(81)92-82(102)56-80(90-78-18-10-14-22-88(78)106-94(90)92)101(76-38-28-66-58-98-50-48-62(66)52-76)73-35-25-60(26-36-73)86-54-64-16-8-12-20-84(64)104-86/h7-35,37-57,62,66,73,98H,36,58H2,1-6H3. The lowest BCUT2D eigenvalue weighted by Gasteiger charge is -2.37. The van der Waals surface area contributed by atoms with E-state index in [2.05, 4.69) is 344 Å². The van der Waals surface area contributed by atoms with E-state index in [4.69, 9.17) is 8.83 Å². The lowest BCUT2D eigenvalue weighted by atomic mass is 9.85. The predicted molar refractivity (Wildman–Crippen MR) is 449 cm³/mol. The van der Waals surface area contributed by atoms with Crippen LogP contribution < -0.4 is 20.0 Å². The lowest BCUT2D eigenvalue weighted by molar-refractivity contribution is 0.499. The maximum absolute atomic E-state index is 6.58. The van der Waals surface area contributed by atoms with Gasteiger partial charge in [-0.05, 0) is 186 Å². The summed E-state index contributed by atoms with van der Waals surface area (Å²) in [5.74, 6) is 2.27. The van der Waals surface area contributed by atoms with Gasteiger partial charge in [0.1, 0.15) is 22.7 Å². The minimum absolute atomic E-state index is 0.00605. The highest BCUT2D eigenvalue weighted by Gasteiger charge is 2.34. The van der Waals surface area contributed by atoms with E-state index in [1.807, 2.05) is 53.3 Å². The second-order valence-electron chi connectivity index (χ2n) is 30.7. The van der Waals surface area contributed by atoms with Crippen LogP contribution >= 0.6 is 22.7 Å². The van der Waals surface area contributed by atoms with Crippen LogP contribution in [0.25, 0.3) is 117 Å². The molecule has 0 saturated heterocycles. The molecule has 3 atom stereocenters. The Kier molecular flexibility index (Phi) is 14.9. The van der Waals surface area contributed by atoms with Crippen molar-refractivity contribution in [3.8, 4) is 17.0 Å². The van der Waals surface area contributed by atoms with Crippen molar-refractivity contribution < 1.29 is 8.83 Å². The van der Waals surface area contributed by atoms with Crippen LogP contribution in [0.5, 0.6) is 0 Å². The number of anilines is 7. The predicted octanol–water partition coefficient (Wildman–Crippen LogP) is 26.8. The van der Waals surface area contributed by atoms with Crippen molar-refractivity contribution in [2.75, 3.05) is 21.2 Å². The van der Waals surface area contributed by atoms with Crippen LogP contribution in [0.3, 0.4) is 0 Å². The molecule has 0 spiro atoms. The molecule has 8 nitrogen and oxygen atoms in total. The molecule has 6 aromatic heterocycles. The summed E-state index contributed by atoms with van der Waals surface area (Å²) in [5, 5.41) is 15.3. The van der Waals surface area contributed by atoms with Crippen LogP contribution in [0.4, 0.5) is 39.8 Å². The van der Waals surface area contributed by atoms with E-state index in [1.165, 1.54) is 67.9 Å². The molecule has 0 radical (unpaired) electrons. The Balaban J connectivity index is 0.872. The summed E-state index contributed by atoms with van der Waals surface area (Å²) in [6, 6.07) is 89.8. The van der Waals surface area contributed by atoms with Crippen molar-refractivity contribution in [2.24, 2.45) is 11.8 Å². The largest absolute Gasteiger partial charge is 0.456 e. The Bertz CT molecular complexity index is 6420. The fourth-order valence-corrected chi connectivity index (χ4v) is 19.1. The van der Waals surface area contributed by atoms with Crippen molar-refractivity contribution in [2.45, 2.75) is 64.8 Å². The van der Waals surface area contributed by atoms with Crippen molar-refractivity contribution in [1.29, 1.82) is 0 Å². The smallest absolute Gasteiger partial charge is 0.135 e. The molecule has 514 valence electrons. The molecule has 10 heteroatoms.